The lowest BCUT2D eigenvalue weighted by Crippen LogP contribution is -2.43. The summed E-state index contributed by atoms with van der Waals surface area (Å²) in [5, 5.41) is 16.6. The van der Waals surface area contributed by atoms with Crippen LogP contribution in [-0.4, -0.2) is 33.8 Å². The van der Waals surface area contributed by atoms with E-state index in [9.17, 15) is 5.11 Å². The van der Waals surface area contributed by atoms with E-state index in [1.807, 2.05) is 13.0 Å². The van der Waals surface area contributed by atoms with Gasteiger partial charge in [-0.2, -0.15) is 0 Å². The zero-order valence-electron chi connectivity index (χ0n) is 12.0. The Morgan fingerprint density at radius 3 is 2.37 bits per heavy atom. The van der Waals surface area contributed by atoms with E-state index in [0.29, 0.717) is 6.54 Å². The molecule has 0 atom stereocenters. The molecular formula is C14H24N4O. The monoisotopic (exact) mass is 264 g/mol. The number of hydrogen-bond donors (Lipinski definition) is 3. The third kappa shape index (κ3) is 3.56. The summed E-state index contributed by atoms with van der Waals surface area (Å²) >= 11 is 0. The Morgan fingerprint density at radius 2 is 1.89 bits per heavy atom. The number of nitrogens with one attached hydrogen (secondary N) is 2. The number of nitrogens with zero attached hydrogens (tertiary/aromatic N) is 2. The average Bonchev–Trinajstić information content (AvgIpc) is 2.34. The molecule has 1 aromatic rings. The summed E-state index contributed by atoms with van der Waals surface area (Å²) in [6.45, 7) is 7.59. The molecule has 1 fully saturated rings. The molecule has 2 rings (SSSR count). The van der Waals surface area contributed by atoms with Crippen LogP contribution in [-0.2, 0) is 0 Å². The predicted octanol–water partition coefficient (Wildman–Crippen LogP) is 2.36. The SMILES string of the molecule is CCNc1cc(NCC2(O)CCC2)nc(C(C)C)n1. The number of aromatic nitrogens is 2. The summed E-state index contributed by atoms with van der Waals surface area (Å²) in [5.41, 5.74) is -0.540. The molecule has 0 aliphatic heterocycles. The van der Waals surface area contributed by atoms with Gasteiger partial charge in [-0.05, 0) is 26.2 Å². The van der Waals surface area contributed by atoms with Crippen molar-refractivity contribution in [2.45, 2.75) is 51.6 Å². The first-order chi connectivity index (χ1) is 9.02. The van der Waals surface area contributed by atoms with Crippen molar-refractivity contribution >= 4 is 11.6 Å². The van der Waals surface area contributed by atoms with Gasteiger partial charge in [0.25, 0.3) is 0 Å². The van der Waals surface area contributed by atoms with E-state index in [-0.39, 0.29) is 5.92 Å². The van der Waals surface area contributed by atoms with E-state index in [2.05, 4.69) is 34.4 Å². The lowest BCUT2D eigenvalue weighted by molar-refractivity contribution is -0.0202. The summed E-state index contributed by atoms with van der Waals surface area (Å²) in [6, 6.07) is 1.90. The largest absolute Gasteiger partial charge is 0.388 e. The van der Waals surface area contributed by atoms with Gasteiger partial charge < -0.3 is 15.7 Å². The highest BCUT2D eigenvalue weighted by molar-refractivity contribution is 5.48. The summed E-state index contributed by atoms with van der Waals surface area (Å²) in [6.07, 6.45) is 2.87. The van der Waals surface area contributed by atoms with E-state index >= 15 is 0 Å². The molecule has 3 N–H and O–H groups in total. The lowest BCUT2D eigenvalue weighted by Gasteiger charge is -2.36. The Hall–Kier alpha value is -1.36. The molecule has 5 heteroatoms. The van der Waals surface area contributed by atoms with Gasteiger partial charge in [0.05, 0.1) is 5.60 Å². The van der Waals surface area contributed by atoms with Crippen LogP contribution >= 0.6 is 0 Å². The summed E-state index contributed by atoms with van der Waals surface area (Å²) in [4.78, 5) is 8.98. The maximum atomic E-state index is 10.1. The fraction of sp³-hybridized carbons (Fsp3) is 0.714. The fourth-order valence-corrected chi connectivity index (χ4v) is 2.10. The van der Waals surface area contributed by atoms with E-state index < -0.39 is 5.60 Å². The minimum Gasteiger partial charge on any atom is -0.388 e. The zero-order valence-corrected chi connectivity index (χ0v) is 12.0. The predicted molar refractivity (Wildman–Crippen MR) is 77.6 cm³/mol. The van der Waals surface area contributed by atoms with Gasteiger partial charge in [0.15, 0.2) is 0 Å². The van der Waals surface area contributed by atoms with Crippen LogP contribution in [0.25, 0.3) is 0 Å². The maximum absolute atomic E-state index is 10.1. The fourth-order valence-electron chi connectivity index (χ4n) is 2.10. The molecule has 1 aliphatic rings. The number of aliphatic hydroxyl groups is 1. The quantitative estimate of drug-likeness (QED) is 0.736. The topological polar surface area (TPSA) is 70.1 Å². The Labute approximate surface area is 114 Å². The molecule has 106 valence electrons. The second-order valence-electron chi connectivity index (χ2n) is 5.61. The van der Waals surface area contributed by atoms with Gasteiger partial charge in [-0.15, -0.1) is 0 Å². The molecule has 0 radical (unpaired) electrons. The highest BCUT2D eigenvalue weighted by Gasteiger charge is 2.34. The second-order valence-corrected chi connectivity index (χ2v) is 5.61. The number of rotatable bonds is 6. The molecule has 1 saturated carbocycles. The van der Waals surface area contributed by atoms with Crippen LogP contribution in [0.1, 0.15) is 51.8 Å². The van der Waals surface area contributed by atoms with Crippen molar-refractivity contribution in [1.82, 2.24) is 9.97 Å². The number of anilines is 2. The normalized spacial score (nSPS) is 17.1. The highest BCUT2D eigenvalue weighted by Crippen LogP contribution is 2.31. The molecular weight excluding hydrogens is 240 g/mol. The van der Waals surface area contributed by atoms with Crippen LogP contribution in [0.5, 0.6) is 0 Å². The first-order valence-corrected chi connectivity index (χ1v) is 7.11. The van der Waals surface area contributed by atoms with Crippen LogP contribution in [0.2, 0.25) is 0 Å². The molecule has 1 aliphatic carbocycles. The van der Waals surface area contributed by atoms with Crippen molar-refractivity contribution < 1.29 is 5.11 Å². The van der Waals surface area contributed by atoms with Crippen molar-refractivity contribution in [3.05, 3.63) is 11.9 Å². The Kier molecular flexibility index (Phi) is 4.24. The molecule has 0 saturated heterocycles. The molecule has 0 aromatic carbocycles. The first kappa shape index (κ1) is 14.1. The van der Waals surface area contributed by atoms with Crippen LogP contribution in [0.3, 0.4) is 0 Å². The van der Waals surface area contributed by atoms with E-state index in [1.54, 1.807) is 0 Å². The van der Waals surface area contributed by atoms with Gasteiger partial charge in [-0.3, -0.25) is 0 Å². The van der Waals surface area contributed by atoms with Gasteiger partial charge in [0.2, 0.25) is 0 Å². The maximum Gasteiger partial charge on any atom is 0.135 e. The molecule has 19 heavy (non-hydrogen) atoms. The highest BCUT2D eigenvalue weighted by atomic mass is 16.3. The average molecular weight is 264 g/mol. The molecule has 0 spiro atoms. The Bertz CT molecular complexity index is 429. The van der Waals surface area contributed by atoms with Gasteiger partial charge in [-0.25, -0.2) is 9.97 Å². The Morgan fingerprint density at radius 1 is 1.26 bits per heavy atom. The van der Waals surface area contributed by atoms with Crippen LogP contribution < -0.4 is 10.6 Å². The molecule has 0 unspecified atom stereocenters. The third-order valence-electron chi connectivity index (χ3n) is 3.50. The minimum absolute atomic E-state index is 0.283. The smallest absolute Gasteiger partial charge is 0.135 e. The minimum atomic E-state index is -0.540. The van der Waals surface area contributed by atoms with E-state index in [0.717, 1.165) is 43.3 Å². The summed E-state index contributed by atoms with van der Waals surface area (Å²) in [5.74, 6) is 2.73. The third-order valence-corrected chi connectivity index (χ3v) is 3.50. The van der Waals surface area contributed by atoms with Gasteiger partial charge >= 0.3 is 0 Å². The van der Waals surface area contributed by atoms with Crippen molar-refractivity contribution in [3.8, 4) is 0 Å². The molecule has 0 bridgehead atoms. The first-order valence-electron chi connectivity index (χ1n) is 7.11. The standard InChI is InChI=1S/C14H24N4O/c1-4-15-11-8-12(18-13(17-11)10(2)3)16-9-14(19)6-5-7-14/h8,10,19H,4-7,9H2,1-3H3,(H2,15,16,17,18). The van der Waals surface area contributed by atoms with Crippen molar-refractivity contribution in [2.24, 2.45) is 0 Å². The molecule has 0 amide bonds. The lowest BCUT2D eigenvalue weighted by atomic mass is 9.80. The summed E-state index contributed by atoms with van der Waals surface area (Å²) < 4.78 is 0. The molecule has 1 aromatic heterocycles. The summed E-state index contributed by atoms with van der Waals surface area (Å²) in [7, 11) is 0. The van der Waals surface area contributed by atoms with Crippen molar-refractivity contribution in [1.29, 1.82) is 0 Å². The molecule has 5 nitrogen and oxygen atoms in total. The van der Waals surface area contributed by atoms with Gasteiger partial charge in [0.1, 0.15) is 17.5 Å². The van der Waals surface area contributed by atoms with Crippen molar-refractivity contribution in [3.63, 3.8) is 0 Å². The number of hydrogen-bond acceptors (Lipinski definition) is 5. The van der Waals surface area contributed by atoms with Crippen LogP contribution in [0.4, 0.5) is 11.6 Å². The van der Waals surface area contributed by atoms with E-state index in [4.69, 9.17) is 0 Å². The van der Waals surface area contributed by atoms with Crippen LogP contribution in [0.15, 0.2) is 6.07 Å². The molecule has 1 heterocycles. The van der Waals surface area contributed by atoms with Crippen molar-refractivity contribution in [2.75, 3.05) is 23.7 Å². The van der Waals surface area contributed by atoms with Gasteiger partial charge in [-0.1, -0.05) is 13.8 Å². The second kappa shape index (κ2) is 5.74. The Balaban J connectivity index is 2.09. The van der Waals surface area contributed by atoms with E-state index in [1.165, 1.54) is 0 Å². The van der Waals surface area contributed by atoms with Crippen LogP contribution in [0, 0.1) is 0 Å². The van der Waals surface area contributed by atoms with Gasteiger partial charge in [0, 0.05) is 25.1 Å². The zero-order chi connectivity index (χ0) is 13.9.